The van der Waals surface area contributed by atoms with E-state index in [-0.39, 0.29) is 0 Å². The van der Waals surface area contributed by atoms with E-state index in [9.17, 15) is 0 Å². The van der Waals surface area contributed by atoms with Crippen LogP contribution >= 0.6 is 23.2 Å². The first-order chi connectivity index (χ1) is 7.75. The summed E-state index contributed by atoms with van der Waals surface area (Å²) in [7, 11) is 0. The molecule has 0 aliphatic carbocycles. The lowest BCUT2D eigenvalue weighted by atomic mass is 10.2. The lowest BCUT2D eigenvalue weighted by Gasteiger charge is -1.98. The van der Waals surface area contributed by atoms with Crippen LogP contribution < -0.4 is 0 Å². The van der Waals surface area contributed by atoms with Crippen LogP contribution in [0, 0.1) is 0 Å². The van der Waals surface area contributed by atoms with E-state index in [4.69, 9.17) is 23.2 Å². The molecule has 0 fully saturated rings. The Morgan fingerprint density at radius 2 is 1.88 bits per heavy atom. The van der Waals surface area contributed by atoms with Crippen molar-refractivity contribution in [2.45, 2.75) is 0 Å². The van der Waals surface area contributed by atoms with Gasteiger partial charge in [-0.25, -0.2) is 0 Å². The largest absolute Gasteiger partial charge is 0.257 e. The van der Waals surface area contributed by atoms with E-state index in [2.05, 4.69) is 4.98 Å². The minimum atomic E-state index is 0.639. The normalized spacial score (nSPS) is 10.9. The van der Waals surface area contributed by atoms with E-state index in [1.807, 2.05) is 42.5 Å². The minimum Gasteiger partial charge on any atom is -0.257 e. The number of nitrogens with zero attached hydrogens (tertiary/aromatic N) is 1. The topological polar surface area (TPSA) is 12.9 Å². The number of aromatic nitrogens is 1. The molecule has 0 aliphatic rings. The van der Waals surface area contributed by atoms with Crippen molar-refractivity contribution in [2.24, 2.45) is 0 Å². The lowest BCUT2D eigenvalue weighted by Crippen LogP contribution is -1.78. The molecule has 0 spiro atoms. The van der Waals surface area contributed by atoms with Gasteiger partial charge in [-0.1, -0.05) is 41.4 Å². The molecule has 0 amide bonds. The summed E-state index contributed by atoms with van der Waals surface area (Å²) in [5, 5.41) is 1.28. The van der Waals surface area contributed by atoms with Crippen molar-refractivity contribution in [3.05, 3.63) is 63.9 Å². The lowest BCUT2D eigenvalue weighted by molar-refractivity contribution is 1.30. The number of hydrogen-bond acceptors (Lipinski definition) is 1. The smallest absolute Gasteiger partial charge is 0.0629 e. The molecule has 1 aromatic carbocycles. The van der Waals surface area contributed by atoms with Crippen LogP contribution in [0.5, 0.6) is 0 Å². The minimum absolute atomic E-state index is 0.639. The van der Waals surface area contributed by atoms with Gasteiger partial charge in [-0.05, 0) is 35.9 Å². The van der Waals surface area contributed by atoms with Gasteiger partial charge in [0.2, 0.25) is 0 Å². The van der Waals surface area contributed by atoms with Crippen molar-refractivity contribution in [2.75, 3.05) is 0 Å². The van der Waals surface area contributed by atoms with Crippen molar-refractivity contribution in [1.82, 2.24) is 4.98 Å². The fourth-order valence-corrected chi connectivity index (χ4v) is 1.76. The number of halogens is 2. The molecule has 0 aliphatic heterocycles. The molecular formula is C13H9Cl2N. The van der Waals surface area contributed by atoms with Crippen LogP contribution in [0.25, 0.3) is 12.2 Å². The number of rotatable bonds is 2. The molecule has 0 bridgehead atoms. The molecule has 80 valence electrons. The molecule has 1 aromatic heterocycles. The zero-order valence-corrected chi connectivity index (χ0v) is 9.91. The molecule has 16 heavy (non-hydrogen) atoms. The second-order valence-electron chi connectivity index (χ2n) is 3.25. The third-order valence-electron chi connectivity index (χ3n) is 2.08. The van der Waals surface area contributed by atoms with E-state index in [1.165, 1.54) is 0 Å². The Bertz CT molecular complexity index is 507. The molecule has 0 unspecified atom stereocenters. The van der Waals surface area contributed by atoms with E-state index in [1.54, 1.807) is 12.3 Å². The summed E-state index contributed by atoms with van der Waals surface area (Å²) in [5.74, 6) is 0. The van der Waals surface area contributed by atoms with E-state index in [0.29, 0.717) is 10.0 Å². The highest BCUT2D eigenvalue weighted by Crippen LogP contribution is 2.22. The standard InChI is InChI=1S/C13H9Cl2N/c14-11-6-4-10(13(15)9-11)5-7-12-3-1-2-8-16-12/h1-9H/b7-5-. The quantitative estimate of drug-likeness (QED) is 0.761. The van der Waals surface area contributed by atoms with Crippen molar-refractivity contribution in [3.63, 3.8) is 0 Å². The average Bonchev–Trinajstić information content (AvgIpc) is 2.29. The maximum Gasteiger partial charge on any atom is 0.0629 e. The van der Waals surface area contributed by atoms with E-state index >= 15 is 0 Å². The molecule has 2 aromatic rings. The Balaban J connectivity index is 2.24. The monoisotopic (exact) mass is 249 g/mol. The third kappa shape index (κ3) is 2.84. The summed E-state index contributed by atoms with van der Waals surface area (Å²) in [6.07, 6.45) is 5.58. The fraction of sp³-hybridized carbons (Fsp3) is 0. The Morgan fingerprint density at radius 3 is 2.56 bits per heavy atom. The first kappa shape index (κ1) is 11.2. The highest BCUT2D eigenvalue weighted by atomic mass is 35.5. The van der Waals surface area contributed by atoms with Gasteiger partial charge in [0, 0.05) is 16.2 Å². The molecule has 3 heteroatoms. The first-order valence-electron chi connectivity index (χ1n) is 4.80. The zero-order chi connectivity index (χ0) is 11.4. The fourth-order valence-electron chi connectivity index (χ4n) is 1.29. The molecule has 1 nitrogen and oxygen atoms in total. The van der Waals surface area contributed by atoms with Crippen molar-refractivity contribution >= 4 is 35.4 Å². The van der Waals surface area contributed by atoms with Crippen molar-refractivity contribution in [3.8, 4) is 0 Å². The molecule has 2 rings (SSSR count). The summed E-state index contributed by atoms with van der Waals surface area (Å²) < 4.78 is 0. The van der Waals surface area contributed by atoms with Crippen LogP contribution in [-0.2, 0) is 0 Å². The molecule has 0 atom stereocenters. The van der Waals surface area contributed by atoms with Crippen LogP contribution in [0.1, 0.15) is 11.3 Å². The summed E-state index contributed by atoms with van der Waals surface area (Å²) in [6, 6.07) is 11.2. The van der Waals surface area contributed by atoms with Crippen LogP contribution in [0.3, 0.4) is 0 Å². The maximum absolute atomic E-state index is 6.04. The van der Waals surface area contributed by atoms with Crippen LogP contribution in [-0.4, -0.2) is 4.98 Å². The van der Waals surface area contributed by atoms with Crippen molar-refractivity contribution < 1.29 is 0 Å². The molecule has 1 heterocycles. The van der Waals surface area contributed by atoms with Crippen LogP contribution in [0.2, 0.25) is 10.0 Å². The SMILES string of the molecule is Clc1ccc(/C=C\c2ccccn2)c(Cl)c1. The van der Waals surface area contributed by atoms with Gasteiger partial charge in [-0.3, -0.25) is 4.98 Å². The molecule has 0 saturated carbocycles. The molecule has 0 radical (unpaired) electrons. The predicted octanol–water partition coefficient (Wildman–Crippen LogP) is 4.56. The van der Waals surface area contributed by atoms with Gasteiger partial charge in [0.25, 0.3) is 0 Å². The highest BCUT2D eigenvalue weighted by molar-refractivity contribution is 6.35. The summed E-state index contributed by atoms with van der Waals surface area (Å²) in [4.78, 5) is 4.19. The van der Waals surface area contributed by atoms with Gasteiger partial charge >= 0.3 is 0 Å². The van der Waals surface area contributed by atoms with Gasteiger partial charge in [0.05, 0.1) is 5.69 Å². The van der Waals surface area contributed by atoms with E-state index < -0.39 is 0 Å². The maximum atomic E-state index is 6.04. The summed E-state index contributed by atoms with van der Waals surface area (Å²) in [5.41, 5.74) is 1.82. The zero-order valence-electron chi connectivity index (χ0n) is 8.40. The van der Waals surface area contributed by atoms with Crippen molar-refractivity contribution in [1.29, 1.82) is 0 Å². The summed E-state index contributed by atoms with van der Waals surface area (Å²) >= 11 is 11.9. The molecular weight excluding hydrogens is 241 g/mol. The average molecular weight is 250 g/mol. The van der Waals surface area contributed by atoms with Gasteiger partial charge < -0.3 is 0 Å². The highest BCUT2D eigenvalue weighted by Gasteiger charge is 1.97. The van der Waals surface area contributed by atoms with Crippen LogP contribution in [0.15, 0.2) is 42.6 Å². The van der Waals surface area contributed by atoms with Gasteiger partial charge in [-0.2, -0.15) is 0 Å². The second-order valence-corrected chi connectivity index (χ2v) is 4.10. The Kier molecular flexibility index (Phi) is 3.60. The Morgan fingerprint density at radius 1 is 1.00 bits per heavy atom. The van der Waals surface area contributed by atoms with Crippen LogP contribution in [0.4, 0.5) is 0 Å². The Labute approximate surface area is 104 Å². The second kappa shape index (κ2) is 5.15. The van der Waals surface area contributed by atoms with Gasteiger partial charge in [0.1, 0.15) is 0 Å². The van der Waals surface area contributed by atoms with Gasteiger partial charge in [0.15, 0.2) is 0 Å². The number of benzene rings is 1. The number of hydrogen-bond donors (Lipinski definition) is 0. The molecule has 0 saturated heterocycles. The predicted molar refractivity (Wildman–Crippen MR) is 69.6 cm³/mol. The Hall–Kier alpha value is -1.31. The summed E-state index contributed by atoms with van der Waals surface area (Å²) in [6.45, 7) is 0. The third-order valence-corrected chi connectivity index (χ3v) is 2.65. The molecule has 0 N–H and O–H groups in total. The first-order valence-corrected chi connectivity index (χ1v) is 5.55. The van der Waals surface area contributed by atoms with E-state index in [0.717, 1.165) is 11.3 Å². The number of pyridine rings is 1. The van der Waals surface area contributed by atoms with Gasteiger partial charge in [-0.15, -0.1) is 0 Å².